The van der Waals surface area contributed by atoms with E-state index in [1.807, 2.05) is 27.7 Å². The van der Waals surface area contributed by atoms with Crippen LogP contribution in [-0.2, 0) is 9.47 Å². The summed E-state index contributed by atoms with van der Waals surface area (Å²) in [7, 11) is 0. The van der Waals surface area contributed by atoms with Gasteiger partial charge in [0, 0.05) is 12.1 Å². The minimum atomic E-state index is -1.27. The Morgan fingerprint density at radius 3 is 1.39 bits per heavy atom. The van der Waals surface area contributed by atoms with Crippen LogP contribution in [0.2, 0.25) is 0 Å². The molecule has 0 unspecified atom stereocenters. The SMILES string of the molecule is CC(C)Nc1nc2c(ncn2[C@@H]2O[C@H](CO)[C@@H](O)[C@H]2O)c(=O)[nH]1.CC(C)Nc1nc2c(ncn2[C@@H]2O[C@H](CO)[C@@H](O)[C@H]2O)c(=O)[nH]1. The second-order valence-corrected chi connectivity index (χ2v) is 11.5. The van der Waals surface area contributed by atoms with Gasteiger partial charge in [-0.05, 0) is 27.7 Å². The molecule has 0 radical (unpaired) electrons. The minimum Gasteiger partial charge on any atom is -0.394 e. The average Bonchev–Trinajstić information content (AvgIpc) is 3.74. The number of hydrogen-bond donors (Lipinski definition) is 10. The predicted molar refractivity (Wildman–Crippen MR) is 160 cm³/mol. The van der Waals surface area contributed by atoms with Crippen molar-refractivity contribution in [3.8, 4) is 0 Å². The average molecular weight is 651 g/mol. The van der Waals surface area contributed by atoms with E-state index >= 15 is 0 Å². The van der Waals surface area contributed by atoms with Gasteiger partial charge in [-0.25, -0.2) is 9.97 Å². The molecule has 2 saturated heterocycles. The summed E-state index contributed by atoms with van der Waals surface area (Å²) in [6.45, 7) is 6.72. The highest BCUT2D eigenvalue weighted by Crippen LogP contribution is 2.32. The van der Waals surface area contributed by atoms with Gasteiger partial charge < -0.3 is 50.7 Å². The lowest BCUT2D eigenvalue weighted by molar-refractivity contribution is -0.0511. The van der Waals surface area contributed by atoms with Crippen molar-refractivity contribution in [2.75, 3.05) is 23.8 Å². The molecule has 10 N–H and O–H groups in total. The van der Waals surface area contributed by atoms with Gasteiger partial charge in [0.1, 0.15) is 36.6 Å². The van der Waals surface area contributed by atoms with E-state index in [2.05, 4.69) is 40.5 Å². The maximum atomic E-state index is 12.1. The van der Waals surface area contributed by atoms with E-state index in [1.54, 1.807) is 0 Å². The zero-order valence-electron chi connectivity index (χ0n) is 25.3. The van der Waals surface area contributed by atoms with Crippen molar-refractivity contribution in [2.24, 2.45) is 0 Å². The molecule has 20 nitrogen and oxygen atoms in total. The second-order valence-electron chi connectivity index (χ2n) is 11.5. The number of aliphatic hydroxyl groups is 6. The number of hydrogen-bond acceptors (Lipinski definition) is 16. The van der Waals surface area contributed by atoms with Gasteiger partial charge in [0.2, 0.25) is 11.9 Å². The summed E-state index contributed by atoms with van der Waals surface area (Å²) in [5, 5.41) is 64.2. The number of ether oxygens (including phenoxy) is 2. The molecule has 2 aliphatic rings. The molecule has 0 aromatic carbocycles. The fourth-order valence-corrected chi connectivity index (χ4v) is 5.13. The van der Waals surface area contributed by atoms with Crippen molar-refractivity contribution >= 4 is 34.2 Å². The quantitative estimate of drug-likeness (QED) is 0.0915. The summed E-state index contributed by atoms with van der Waals surface area (Å²) in [5.41, 5.74) is -0.236. The number of H-pyrrole nitrogens is 2. The van der Waals surface area contributed by atoms with E-state index in [9.17, 15) is 30.0 Å². The zero-order chi connectivity index (χ0) is 33.4. The number of rotatable bonds is 8. The van der Waals surface area contributed by atoms with Crippen molar-refractivity contribution < 1.29 is 40.1 Å². The van der Waals surface area contributed by atoms with Crippen molar-refractivity contribution in [1.82, 2.24) is 39.0 Å². The maximum Gasteiger partial charge on any atom is 0.280 e. The number of aromatic nitrogens is 8. The summed E-state index contributed by atoms with van der Waals surface area (Å²) >= 11 is 0. The maximum absolute atomic E-state index is 12.1. The summed E-state index contributed by atoms with van der Waals surface area (Å²) < 4.78 is 13.6. The Kier molecular flexibility index (Phi) is 9.70. The fraction of sp³-hybridized carbons (Fsp3) is 0.615. The molecule has 6 rings (SSSR count). The van der Waals surface area contributed by atoms with Gasteiger partial charge in [0.15, 0.2) is 34.8 Å². The number of nitrogens with zero attached hydrogens (tertiary/aromatic N) is 6. The molecule has 0 spiro atoms. The Hall–Kier alpha value is -4.02. The molecule has 46 heavy (non-hydrogen) atoms. The summed E-state index contributed by atoms with van der Waals surface area (Å²) in [6.07, 6.45) is -6.21. The molecule has 0 saturated carbocycles. The molecule has 0 bridgehead atoms. The Balaban J connectivity index is 0.000000181. The molecule has 2 fully saturated rings. The van der Waals surface area contributed by atoms with Gasteiger partial charge in [-0.1, -0.05) is 0 Å². The Morgan fingerprint density at radius 1 is 0.717 bits per heavy atom. The predicted octanol–water partition coefficient (Wildman–Crippen LogP) is -2.90. The Morgan fingerprint density at radius 2 is 1.09 bits per heavy atom. The molecule has 0 aliphatic carbocycles. The molecule has 252 valence electrons. The first-order valence-corrected chi connectivity index (χ1v) is 14.6. The molecule has 4 aromatic heterocycles. The van der Waals surface area contributed by atoms with E-state index in [1.165, 1.54) is 21.8 Å². The van der Waals surface area contributed by atoms with Crippen molar-refractivity contribution in [3.05, 3.63) is 33.4 Å². The smallest absolute Gasteiger partial charge is 0.280 e. The van der Waals surface area contributed by atoms with Crippen LogP contribution in [0.15, 0.2) is 22.2 Å². The molecule has 0 amide bonds. The van der Waals surface area contributed by atoms with Crippen LogP contribution in [0.1, 0.15) is 40.2 Å². The molecule has 2 aliphatic heterocycles. The summed E-state index contributed by atoms with van der Waals surface area (Å²) in [5.74, 6) is 0.539. The van der Waals surface area contributed by atoms with Gasteiger partial charge >= 0.3 is 0 Å². The molecule has 4 aromatic rings. The number of fused-ring (bicyclic) bond motifs is 2. The number of aromatic amines is 2. The summed E-state index contributed by atoms with van der Waals surface area (Å²) in [4.78, 5) is 45.9. The van der Waals surface area contributed by atoms with Gasteiger partial charge in [-0.3, -0.25) is 28.7 Å². The van der Waals surface area contributed by atoms with Crippen LogP contribution < -0.4 is 21.8 Å². The minimum absolute atomic E-state index is 0.0564. The third-order valence-corrected chi connectivity index (χ3v) is 7.30. The van der Waals surface area contributed by atoms with Crippen molar-refractivity contribution in [1.29, 1.82) is 0 Å². The fourth-order valence-electron chi connectivity index (χ4n) is 5.13. The van der Waals surface area contributed by atoms with Gasteiger partial charge in [-0.2, -0.15) is 9.97 Å². The van der Waals surface area contributed by atoms with Crippen LogP contribution in [0.25, 0.3) is 22.3 Å². The first kappa shape index (κ1) is 33.3. The molecule has 20 heteroatoms. The topological polar surface area (TPSA) is 291 Å². The molecular formula is C26H38N10O10. The van der Waals surface area contributed by atoms with Crippen LogP contribution in [-0.4, -0.2) is 132 Å². The number of anilines is 2. The van der Waals surface area contributed by atoms with Gasteiger partial charge in [0.05, 0.1) is 25.9 Å². The standard InChI is InChI=1S/2C13H19N5O5/c2*1-5(2)15-13-16-10-7(11(22)17-13)14-4-18(10)12-9(21)8(20)6(3-19)23-12/h2*4-6,8-9,12,19-21H,3H2,1-2H3,(H2,15,16,17,22)/t2*6-,8-,9-,12-/m11/s1. The van der Waals surface area contributed by atoms with Gasteiger partial charge in [0.25, 0.3) is 11.1 Å². The highest BCUT2D eigenvalue weighted by molar-refractivity contribution is 5.71. The van der Waals surface area contributed by atoms with Crippen molar-refractivity contribution in [3.63, 3.8) is 0 Å². The van der Waals surface area contributed by atoms with Gasteiger partial charge in [-0.15, -0.1) is 0 Å². The van der Waals surface area contributed by atoms with E-state index in [-0.39, 0.29) is 46.3 Å². The van der Waals surface area contributed by atoms with Crippen LogP contribution in [0.4, 0.5) is 11.9 Å². The second kappa shape index (κ2) is 13.4. The van der Waals surface area contributed by atoms with E-state index in [0.29, 0.717) is 0 Å². The monoisotopic (exact) mass is 650 g/mol. The highest BCUT2D eigenvalue weighted by Gasteiger charge is 2.45. The normalized spacial score (nSPS) is 27.9. The largest absolute Gasteiger partial charge is 0.394 e. The summed E-state index contributed by atoms with van der Waals surface area (Å²) in [6, 6.07) is 0.113. The van der Waals surface area contributed by atoms with Crippen LogP contribution >= 0.6 is 0 Å². The molecular weight excluding hydrogens is 612 g/mol. The lowest BCUT2D eigenvalue weighted by Gasteiger charge is -2.17. The first-order valence-electron chi connectivity index (χ1n) is 14.6. The number of imidazole rings is 2. The van der Waals surface area contributed by atoms with Crippen molar-refractivity contribution in [2.45, 2.75) is 88.9 Å². The molecule has 6 heterocycles. The number of aliphatic hydroxyl groups excluding tert-OH is 6. The van der Waals surface area contributed by atoms with E-state index in [4.69, 9.17) is 19.7 Å². The Labute approximate surface area is 259 Å². The van der Waals surface area contributed by atoms with E-state index in [0.717, 1.165) is 0 Å². The lowest BCUT2D eigenvalue weighted by atomic mass is 10.1. The van der Waals surface area contributed by atoms with Crippen LogP contribution in [0.5, 0.6) is 0 Å². The third kappa shape index (κ3) is 6.33. The lowest BCUT2D eigenvalue weighted by Crippen LogP contribution is -2.33. The zero-order valence-corrected chi connectivity index (χ0v) is 25.3. The van der Waals surface area contributed by atoms with Crippen LogP contribution in [0, 0.1) is 0 Å². The van der Waals surface area contributed by atoms with E-state index < -0.39 is 73.4 Å². The Bertz CT molecular complexity index is 1640. The molecule has 8 atom stereocenters. The third-order valence-electron chi connectivity index (χ3n) is 7.30. The highest BCUT2D eigenvalue weighted by atomic mass is 16.6. The number of nitrogens with one attached hydrogen (secondary N) is 4. The first-order chi connectivity index (χ1) is 21.8. The van der Waals surface area contributed by atoms with Crippen LogP contribution in [0.3, 0.4) is 0 Å².